The third kappa shape index (κ3) is 2.12. The molecule has 1 unspecified atom stereocenters. The highest BCUT2D eigenvalue weighted by molar-refractivity contribution is 5.38. The van der Waals surface area contributed by atoms with Crippen LogP contribution in [0.5, 0.6) is 0 Å². The molecular weight excluding hydrogens is 114 g/mol. The van der Waals surface area contributed by atoms with Crippen LogP contribution >= 0.6 is 0 Å². The van der Waals surface area contributed by atoms with E-state index in [0.717, 1.165) is 13.4 Å². The Balaban J connectivity index is 3.46. The molecule has 5 heteroatoms. The van der Waals surface area contributed by atoms with E-state index in [1.54, 1.807) is 0 Å². The highest BCUT2D eigenvalue weighted by Crippen LogP contribution is 1.85. The van der Waals surface area contributed by atoms with Gasteiger partial charge in [0.1, 0.15) is 0 Å². The molecule has 0 heterocycles. The summed E-state index contributed by atoms with van der Waals surface area (Å²) in [6.07, 6.45) is -1.28. The minimum atomic E-state index is -1.28. The van der Waals surface area contributed by atoms with Crippen molar-refractivity contribution in [3.05, 3.63) is 10.1 Å². The fourth-order valence-corrected chi connectivity index (χ4v) is 0.113. The smallest absolute Gasteiger partial charge is 0.390 e. The Morgan fingerprint density at radius 1 is 1.88 bits per heavy atom. The van der Waals surface area contributed by atoms with E-state index in [1.807, 2.05) is 0 Å². The van der Waals surface area contributed by atoms with E-state index < -0.39 is 11.2 Å². The molecule has 0 N–H and O–H groups in total. The SMILES string of the molecule is CC(O[C]=O)[N+](=O)[O-]. The molecule has 0 aliphatic heterocycles. The third-order valence-electron chi connectivity index (χ3n) is 0.516. The Morgan fingerprint density at radius 3 is 2.50 bits per heavy atom. The first-order chi connectivity index (χ1) is 3.68. The molecule has 1 radical (unpaired) electrons. The van der Waals surface area contributed by atoms with Gasteiger partial charge in [0, 0.05) is 6.92 Å². The van der Waals surface area contributed by atoms with Crippen molar-refractivity contribution < 1.29 is 14.5 Å². The Morgan fingerprint density at radius 2 is 2.38 bits per heavy atom. The number of nitrogens with zero attached hydrogens (tertiary/aromatic N) is 1. The molecule has 0 aliphatic rings. The quantitative estimate of drug-likeness (QED) is 0.289. The van der Waals surface area contributed by atoms with Crippen molar-refractivity contribution in [3.8, 4) is 0 Å². The summed E-state index contributed by atoms with van der Waals surface area (Å²) in [5.41, 5.74) is 0. The molecule has 1 atom stereocenters. The third-order valence-corrected chi connectivity index (χ3v) is 0.516. The summed E-state index contributed by atoms with van der Waals surface area (Å²) in [6, 6.07) is 0. The number of hydrogen-bond acceptors (Lipinski definition) is 4. The molecule has 8 heavy (non-hydrogen) atoms. The molecule has 0 aromatic heterocycles. The van der Waals surface area contributed by atoms with Crippen LogP contribution in [0.25, 0.3) is 0 Å². The van der Waals surface area contributed by atoms with E-state index >= 15 is 0 Å². The van der Waals surface area contributed by atoms with Crippen LogP contribution in [0.4, 0.5) is 0 Å². The van der Waals surface area contributed by atoms with Crippen LogP contribution in [0, 0.1) is 10.1 Å². The summed E-state index contributed by atoms with van der Waals surface area (Å²) in [5.74, 6) is 0. The molecule has 0 aromatic rings. The second-order valence-corrected chi connectivity index (χ2v) is 1.09. The molecule has 5 nitrogen and oxygen atoms in total. The second-order valence-electron chi connectivity index (χ2n) is 1.09. The molecule has 0 fully saturated rings. The van der Waals surface area contributed by atoms with Gasteiger partial charge in [-0.05, 0) is 0 Å². The molecule has 0 spiro atoms. The van der Waals surface area contributed by atoms with Crippen molar-refractivity contribution in [2.24, 2.45) is 0 Å². The van der Waals surface area contributed by atoms with Gasteiger partial charge in [-0.2, -0.15) is 0 Å². The van der Waals surface area contributed by atoms with Crippen LogP contribution in [0.15, 0.2) is 0 Å². The van der Waals surface area contributed by atoms with E-state index in [4.69, 9.17) is 0 Å². The van der Waals surface area contributed by atoms with Crippen molar-refractivity contribution in [3.63, 3.8) is 0 Å². The van der Waals surface area contributed by atoms with Gasteiger partial charge >= 0.3 is 12.7 Å². The van der Waals surface area contributed by atoms with Gasteiger partial charge in [0.2, 0.25) is 0 Å². The lowest BCUT2D eigenvalue weighted by molar-refractivity contribution is -0.560. The summed E-state index contributed by atoms with van der Waals surface area (Å²) in [7, 11) is 0. The van der Waals surface area contributed by atoms with Crippen molar-refractivity contribution in [2.75, 3.05) is 0 Å². The first kappa shape index (κ1) is 6.87. The van der Waals surface area contributed by atoms with Crippen LogP contribution in [-0.2, 0) is 9.53 Å². The Labute approximate surface area is 45.4 Å². The van der Waals surface area contributed by atoms with E-state index in [0.29, 0.717) is 0 Å². The monoisotopic (exact) mass is 118 g/mol. The predicted molar refractivity (Wildman–Crippen MR) is 23.2 cm³/mol. The standard InChI is InChI=1S/C3H4NO4/c1-3(4(6)7)8-2-5/h3H,1H3. The number of rotatable bonds is 3. The van der Waals surface area contributed by atoms with Gasteiger partial charge in [0.15, 0.2) is 0 Å². The first-order valence-corrected chi connectivity index (χ1v) is 1.84. The van der Waals surface area contributed by atoms with Gasteiger partial charge in [-0.25, -0.2) is 4.79 Å². The van der Waals surface area contributed by atoms with Gasteiger partial charge in [-0.3, -0.25) is 10.1 Å². The van der Waals surface area contributed by atoms with Crippen molar-refractivity contribution in [2.45, 2.75) is 13.2 Å². The van der Waals surface area contributed by atoms with E-state index in [1.165, 1.54) is 0 Å². The predicted octanol–water partition coefficient (Wildman–Crippen LogP) is -0.307. The van der Waals surface area contributed by atoms with Gasteiger partial charge in [0.25, 0.3) is 0 Å². The van der Waals surface area contributed by atoms with Gasteiger partial charge < -0.3 is 4.74 Å². The Hall–Kier alpha value is -1.13. The van der Waals surface area contributed by atoms with Crippen LogP contribution in [0.1, 0.15) is 6.92 Å². The molecule has 0 saturated carbocycles. The highest BCUT2D eigenvalue weighted by Gasteiger charge is 2.11. The number of nitro groups is 1. The summed E-state index contributed by atoms with van der Waals surface area (Å²) < 4.78 is 3.80. The lowest BCUT2D eigenvalue weighted by Crippen LogP contribution is -2.17. The molecule has 0 saturated heterocycles. The zero-order valence-corrected chi connectivity index (χ0v) is 4.16. The van der Waals surface area contributed by atoms with Crippen molar-refractivity contribution in [1.82, 2.24) is 0 Å². The minimum Gasteiger partial charge on any atom is -0.390 e. The molecule has 0 bridgehead atoms. The highest BCUT2D eigenvalue weighted by atomic mass is 16.7. The Bertz CT molecular complexity index is 101. The average Bonchev–Trinajstić information content (AvgIpc) is 1.67. The fraction of sp³-hybridized carbons (Fsp3) is 0.667. The molecule has 0 aromatic carbocycles. The molecular formula is C3H4NO4. The zero-order chi connectivity index (χ0) is 6.57. The van der Waals surface area contributed by atoms with Crippen LogP contribution < -0.4 is 0 Å². The summed E-state index contributed by atoms with van der Waals surface area (Å²) >= 11 is 0. The maximum atomic E-state index is 9.59. The van der Waals surface area contributed by atoms with E-state index in [-0.39, 0.29) is 0 Å². The second kappa shape index (κ2) is 2.95. The van der Waals surface area contributed by atoms with Gasteiger partial charge in [-0.1, -0.05) is 0 Å². The maximum absolute atomic E-state index is 9.59. The molecule has 0 aliphatic carbocycles. The topological polar surface area (TPSA) is 69.4 Å². The van der Waals surface area contributed by atoms with Crippen LogP contribution in [0.3, 0.4) is 0 Å². The zero-order valence-electron chi connectivity index (χ0n) is 4.16. The van der Waals surface area contributed by atoms with E-state index in [9.17, 15) is 14.9 Å². The first-order valence-electron chi connectivity index (χ1n) is 1.84. The number of ether oxygens (including phenoxy) is 1. The van der Waals surface area contributed by atoms with Gasteiger partial charge in [0.05, 0.1) is 4.92 Å². The summed E-state index contributed by atoms with van der Waals surface area (Å²) in [5, 5.41) is 9.59. The fourth-order valence-electron chi connectivity index (χ4n) is 0.113. The lowest BCUT2D eigenvalue weighted by Gasteiger charge is -1.95. The number of hydrogen-bond donors (Lipinski definition) is 0. The van der Waals surface area contributed by atoms with Crippen molar-refractivity contribution in [1.29, 1.82) is 0 Å². The van der Waals surface area contributed by atoms with Crippen LogP contribution in [0.2, 0.25) is 0 Å². The molecule has 0 amide bonds. The molecule has 45 valence electrons. The summed E-state index contributed by atoms with van der Waals surface area (Å²) in [6.45, 7) is 2.10. The Kier molecular flexibility index (Phi) is 2.53. The van der Waals surface area contributed by atoms with E-state index in [2.05, 4.69) is 4.74 Å². The van der Waals surface area contributed by atoms with Crippen LogP contribution in [-0.4, -0.2) is 17.6 Å². The minimum absolute atomic E-state index is 0.731. The molecule has 0 rings (SSSR count). The largest absolute Gasteiger partial charge is 0.422 e. The summed E-state index contributed by atoms with van der Waals surface area (Å²) in [4.78, 5) is 18.1. The average molecular weight is 118 g/mol. The normalized spacial score (nSPS) is 12.1. The lowest BCUT2D eigenvalue weighted by atomic mass is 10.7. The number of carbonyl (C=O) groups excluding carboxylic acids is 1. The van der Waals surface area contributed by atoms with Crippen molar-refractivity contribution >= 4 is 6.47 Å². The van der Waals surface area contributed by atoms with Gasteiger partial charge in [-0.15, -0.1) is 0 Å². The maximum Gasteiger partial charge on any atom is 0.422 e.